The van der Waals surface area contributed by atoms with Gasteiger partial charge < -0.3 is 14.2 Å². The molecule has 0 aromatic rings. The Morgan fingerprint density at radius 1 is 1.62 bits per heavy atom. The predicted octanol–water partition coefficient (Wildman–Crippen LogP) is 1.07. The third kappa shape index (κ3) is 3.73. The molecule has 0 bridgehead atoms. The van der Waals surface area contributed by atoms with Crippen molar-refractivity contribution in [1.29, 1.82) is 5.26 Å². The first kappa shape index (κ1) is 10.5. The normalized spacial score (nSPS) is 25.8. The number of nitriles is 1. The Bertz CT molecular complexity index is 198. The molecule has 0 saturated carbocycles. The predicted molar refractivity (Wildman–Crippen MR) is 46.0 cm³/mol. The van der Waals surface area contributed by atoms with Gasteiger partial charge in [-0.3, -0.25) is 0 Å². The summed E-state index contributed by atoms with van der Waals surface area (Å²) in [6.07, 6.45) is 0.436. The summed E-state index contributed by atoms with van der Waals surface area (Å²) in [5, 5.41) is 8.26. The minimum atomic E-state index is -0.483. The van der Waals surface area contributed by atoms with Gasteiger partial charge in [0.15, 0.2) is 5.79 Å². The van der Waals surface area contributed by atoms with E-state index < -0.39 is 5.79 Å². The lowest BCUT2D eigenvalue weighted by molar-refractivity contribution is -0.144. The van der Waals surface area contributed by atoms with Crippen LogP contribution in [0.3, 0.4) is 0 Å². The van der Waals surface area contributed by atoms with Gasteiger partial charge in [-0.2, -0.15) is 5.26 Å². The highest BCUT2D eigenvalue weighted by Crippen LogP contribution is 2.22. The highest BCUT2D eigenvalue weighted by molar-refractivity contribution is 4.71. The molecule has 1 atom stereocenters. The minimum absolute atomic E-state index is 0.00805. The molecule has 1 aliphatic heterocycles. The smallest absolute Gasteiger partial charge is 0.163 e. The van der Waals surface area contributed by atoms with Crippen molar-refractivity contribution in [2.24, 2.45) is 0 Å². The lowest BCUT2D eigenvalue weighted by Gasteiger charge is -2.16. The van der Waals surface area contributed by atoms with Crippen molar-refractivity contribution in [3.63, 3.8) is 0 Å². The molecule has 1 unspecified atom stereocenters. The molecule has 0 amide bonds. The number of hydrogen-bond acceptors (Lipinski definition) is 4. The summed E-state index contributed by atoms with van der Waals surface area (Å²) in [4.78, 5) is 0. The van der Waals surface area contributed by atoms with E-state index in [-0.39, 0.29) is 6.10 Å². The van der Waals surface area contributed by atoms with Crippen LogP contribution in [0.4, 0.5) is 0 Å². The molecule has 1 fully saturated rings. The second kappa shape index (κ2) is 4.56. The fourth-order valence-electron chi connectivity index (χ4n) is 1.18. The van der Waals surface area contributed by atoms with Gasteiger partial charge in [0, 0.05) is 0 Å². The molecule has 0 N–H and O–H groups in total. The molecule has 0 aliphatic carbocycles. The van der Waals surface area contributed by atoms with Crippen molar-refractivity contribution in [3.8, 4) is 6.07 Å². The quantitative estimate of drug-likeness (QED) is 0.615. The lowest BCUT2D eigenvalue weighted by Crippen LogP contribution is -2.24. The topological polar surface area (TPSA) is 51.5 Å². The van der Waals surface area contributed by atoms with E-state index in [1.807, 2.05) is 19.9 Å². The fourth-order valence-corrected chi connectivity index (χ4v) is 1.18. The maximum atomic E-state index is 8.26. The van der Waals surface area contributed by atoms with Crippen LogP contribution in [0.2, 0.25) is 0 Å². The van der Waals surface area contributed by atoms with Gasteiger partial charge in [-0.15, -0.1) is 0 Å². The summed E-state index contributed by atoms with van der Waals surface area (Å²) in [5.41, 5.74) is 0. The molecule has 4 nitrogen and oxygen atoms in total. The van der Waals surface area contributed by atoms with E-state index in [1.165, 1.54) is 0 Å². The first-order valence-corrected chi connectivity index (χ1v) is 4.40. The molecule has 13 heavy (non-hydrogen) atoms. The second-order valence-corrected chi connectivity index (χ2v) is 3.43. The summed E-state index contributed by atoms with van der Waals surface area (Å²) in [7, 11) is 0. The van der Waals surface area contributed by atoms with Crippen LogP contribution in [0.25, 0.3) is 0 Å². The lowest BCUT2D eigenvalue weighted by atomic mass is 10.4. The van der Waals surface area contributed by atoms with Gasteiger partial charge in [-0.25, -0.2) is 0 Å². The van der Waals surface area contributed by atoms with E-state index in [0.717, 1.165) is 0 Å². The van der Waals surface area contributed by atoms with Crippen molar-refractivity contribution >= 4 is 0 Å². The maximum Gasteiger partial charge on any atom is 0.163 e. The van der Waals surface area contributed by atoms with Crippen LogP contribution >= 0.6 is 0 Å². The summed E-state index contributed by atoms with van der Waals surface area (Å²) in [6.45, 7) is 5.30. The largest absolute Gasteiger partial charge is 0.378 e. The van der Waals surface area contributed by atoms with Crippen LogP contribution in [0, 0.1) is 11.3 Å². The van der Waals surface area contributed by atoms with Gasteiger partial charge in [0.05, 0.1) is 32.3 Å². The van der Waals surface area contributed by atoms with Crippen LogP contribution in [0.1, 0.15) is 20.3 Å². The molecule has 1 aliphatic rings. The van der Waals surface area contributed by atoms with Crippen LogP contribution in [-0.2, 0) is 14.2 Å². The molecule has 0 spiro atoms. The first-order valence-electron chi connectivity index (χ1n) is 4.40. The number of ether oxygens (including phenoxy) is 3. The van der Waals surface area contributed by atoms with Gasteiger partial charge in [-0.1, -0.05) is 0 Å². The van der Waals surface area contributed by atoms with Gasteiger partial charge in [0.2, 0.25) is 0 Å². The Balaban J connectivity index is 2.08. The molecule has 1 heterocycles. The van der Waals surface area contributed by atoms with E-state index in [0.29, 0.717) is 26.2 Å². The molecule has 0 radical (unpaired) electrons. The summed E-state index contributed by atoms with van der Waals surface area (Å²) in [6, 6.07) is 2.01. The minimum Gasteiger partial charge on any atom is -0.378 e. The van der Waals surface area contributed by atoms with Crippen molar-refractivity contribution in [2.75, 3.05) is 19.8 Å². The van der Waals surface area contributed by atoms with Crippen LogP contribution in [-0.4, -0.2) is 31.7 Å². The van der Waals surface area contributed by atoms with Crippen molar-refractivity contribution in [1.82, 2.24) is 0 Å². The van der Waals surface area contributed by atoms with E-state index in [2.05, 4.69) is 0 Å². The SMILES string of the molecule is CC1(C)OCC(COCCC#N)O1. The Hall–Kier alpha value is -0.630. The highest BCUT2D eigenvalue weighted by atomic mass is 16.7. The zero-order valence-corrected chi connectivity index (χ0v) is 8.08. The monoisotopic (exact) mass is 185 g/mol. The average molecular weight is 185 g/mol. The van der Waals surface area contributed by atoms with Crippen molar-refractivity contribution in [3.05, 3.63) is 0 Å². The zero-order chi connectivity index (χ0) is 9.73. The zero-order valence-electron chi connectivity index (χ0n) is 8.08. The molecular formula is C9H15NO3. The molecule has 1 rings (SSSR count). The molecule has 4 heteroatoms. The van der Waals surface area contributed by atoms with Crippen LogP contribution < -0.4 is 0 Å². The van der Waals surface area contributed by atoms with E-state index in [1.54, 1.807) is 0 Å². The van der Waals surface area contributed by atoms with Crippen molar-refractivity contribution in [2.45, 2.75) is 32.2 Å². The van der Waals surface area contributed by atoms with E-state index >= 15 is 0 Å². The standard InChI is InChI=1S/C9H15NO3/c1-9(2)12-7-8(13-9)6-11-5-3-4-10/h8H,3,5-7H2,1-2H3. The summed E-state index contributed by atoms with van der Waals surface area (Å²) >= 11 is 0. The van der Waals surface area contributed by atoms with E-state index in [9.17, 15) is 0 Å². The molecular weight excluding hydrogens is 170 g/mol. The fraction of sp³-hybridized carbons (Fsp3) is 0.889. The number of nitrogens with zero attached hydrogens (tertiary/aromatic N) is 1. The molecule has 0 aromatic carbocycles. The Morgan fingerprint density at radius 3 is 2.92 bits per heavy atom. The summed E-state index contributed by atoms with van der Waals surface area (Å²) < 4.78 is 16.1. The molecule has 74 valence electrons. The molecule has 0 aromatic heterocycles. The Labute approximate surface area is 78.4 Å². The van der Waals surface area contributed by atoms with Crippen LogP contribution in [0.15, 0.2) is 0 Å². The Kier molecular flexibility index (Phi) is 3.67. The second-order valence-electron chi connectivity index (χ2n) is 3.43. The molecule has 1 saturated heterocycles. The highest BCUT2D eigenvalue weighted by Gasteiger charge is 2.32. The Morgan fingerprint density at radius 2 is 2.38 bits per heavy atom. The van der Waals surface area contributed by atoms with Crippen LogP contribution in [0.5, 0.6) is 0 Å². The van der Waals surface area contributed by atoms with Gasteiger partial charge in [0.25, 0.3) is 0 Å². The number of rotatable bonds is 4. The van der Waals surface area contributed by atoms with Crippen molar-refractivity contribution < 1.29 is 14.2 Å². The summed E-state index contributed by atoms with van der Waals surface area (Å²) in [5.74, 6) is -0.483. The van der Waals surface area contributed by atoms with Gasteiger partial charge in [-0.05, 0) is 13.8 Å². The maximum absolute atomic E-state index is 8.26. The third-order valence-electron chi connectivity index (χ3n) is 1.73. The third-order valence-corrected chi connectivity index (χ3v) is 1.73. The van der Waals surface area contributed by atoms with E-state index in [4.69, 9.17) is 19.5 Å². The van der Waals surface area contributed by atoms with Gasteiger partial charge >= 0.3 is 0 Å². The van der Waals surface area contributed by atoms with Gasteiger partial charge in [0.1, 0.15) is 6.10 Å². The number of hydrogen-bond donors (Lipinski definition) is 0. The first-order chi connectivity index (χ1) is 6.14. The average Bonchev–Trinajstić information content (AvgIpc) is 2.40.